The van der Waals surface area contributed by atoms with Gasteiger partial charge in [-0.25, -0.2) is 0 Å². The number of halogens is 1. The van der Waals surface area contributed by atoms with Crippen LogP contribution in [0.15, 0.2) is 46.9 Å². The predicted molar refractivity (Wildman–Crippen MR) is 123 cm³/mol. The van der Waals surface area contributed by atoms with Gasteiger partial charge < -0.3 is 15.4 Å². The van der Waals surface area contributed by atoms with E-state index in [0.717, 1.165) is 17.3 Å². The summed E-state index contributed by atoms with van der Waals surface area (Å²) in [5.41, 5.74) is 1.50. The van der Waals surface area contributed by atoms with Crippen molar-refractivity contribution < 1.29 is 14.3 Å². The molecular formula is C21H24BrN3O3S. The van der Waals surface area contributed by atoms with Crippen LogP contribution in [0.5, 0.6) is 5.75 Å². The lowest BCUT2D eigenvalue weighted by Crippen LogP contribution is -2.34. The molecule has 2 aromatic carbocycles. The normalized spacial score (nSPS) is 10.2. The van der Waals surface area contributed by atoms with Gasteiger partial charge in [0.1, 0.15) is 5.75 Å². The Morgan fingerprint density at radius 1 is 1.07 bits per heavy atom. The first kappa shape index (κ1) is 22.8. The van der Waals surface area contributed by atoms with Gasteiger partial charge in [-0.3, -0.25) is 14.9 Å². The molecule has 0 aliphatic heterocycles. The molecule has 2 aromatic rings. The van der Waals surface area contributed by atoms with Crippen molar-refractivity contribution in [2.45, 2.75) is 26.7 Å². The highest BCUT2D eigenvalue weighted by Crippen LogP contribution is 2.23. The maximum atomic E-state index is 12.7. The Kier molecular flexibility index (Phi) is 9.08. The zero-order valence-corrected chi connectivity index (χ0v) is 18.8. The van der Waals surface area contributed by atoms with Gasteiger partial charge in [0.25, 0.3) is 11.8 Å². The van der Waals surface area contributed by atoms with Crippen molar-refractivity contribution in [1.82, 2.24) is 10.6 Å². The molecule has 6 nitrogen and oxygen atoms in total. The number of thiocarbonyl (C=S) groups is 1. The maximum Gasteiger partial charge on any atom is 0.261 e. The van der Waals surface area contributed by atoms with Crippen molar-refractivity contribution in [2.75, 3.05) is 18.5 Å². The van der Waals surface area contributed by atoms with Crippen LogP contribution in [0.4, 0.5) is 5.69 Å². The number of rotatable bonds is 8. The van der Waals surface area contributed by atoms with Crippen LogP contribution in [-0.2, 0) is 0 Å². The lowest BCUT2D eigenvalue weighted by atomic mass is 10.2. The largest absolute Gasteiger partial charge is 0.493 e. The van der Waals surface area contributed by atoms with Gasteiger partial charge in [-0.1, -0.05) is 35.8 Å². The summed E-state index contributed by atoms with van der Waals surface area (Å²) in [6.07, 6.45) is 1.69. The lowest BCUT2D eigenvalue weighted by molar-refractivity contribution is 0.0950. The highest BCUT2D eigenvalue weighted by molar-refractivity contribution is 9.10. The Morgan fingerprint density at radius 3 is 2.59 bits per heavy atom. The monoisotopic (exact) mass is 477 g/mol. The van der Waals surface area contributed by atoms with Gasteiger partial charge in [0, 0.05) is 22.3 Å². The third kappa shape index (κ3) is 7.14. The Labute approximate surface area is 184 Å². The zero-order valence-electron chi connectivity index (χ0n) is 16.4. The molecule has 0 atom stereocenters. The zero-order chi connectivity index (χ0) is 21.2. The van der Waals surface area contributed by atoms with Gasteiger partial charge in [0.05, 0.1) is 12.2 Å². The van der Waals surface area contributed by atoms with Crippen molar-refractivity contribution >= 4 is 50.8 Å². The van der Waals surface area contributed by atoms with Crippen molar-refractivity contribution in [1.29, 1.82) is 0 Å². The fourth-order valence-electron chi connectivity index (χ4n) is 2.43. The summed E-state index contributed by atoms with van der Waals surface area (Å²) in [6, 6.07) is 12.1. The topological polar surface area (TPSA) is 79.5 Å². The molecule has 0 saturated carbocycles. The quantitative estimate of drug-likeness (QED) is 0.487. The number of anilines is 1. The first-order chi connectivity index (χ1) is 13.9. The molecule has 2 rings (SSSR count). The predicted octanol–water partition coefficient (Wildman–Crippen LogP) is 4.50. The summed E-state index contributed by atoms with van der Waals surface area (Å²) in [4.78, 5) is 24.8. The second-order valence-electron chi connectivity index (χ2n) is 6.23. The van der Waals surface area contributed by atoms with E-state index in [9.17, 15) is 9.59 Å². The van der Waals surface area contributed by atoms with E-state index < -0.39 is 0 Å². The standard InChI is InChI=1S/C21H24BrN3O3S/c1-3-10-23-19(26)14-6-5-7-16(12-14)24-21(29)25-20(27)17-13-15(22)8-9-18(17)28-11-4-2/h5-9,12-13H,3-4,10-11H2,1-2H3,(H,23,26)(H2,24,25,27,29). The van der Waals surface area contributed by atoms with E-state index >= 15 is 0 Å². The maximum absolute atomic E-state index is 12.7. The average molecular weight is 478 g/mol. The summed E-state index contributed by atoms with van der Waals surface area (Å²) in [5.74, 6) is -0.0472. The van der Waals surface area contributed by atoms with E-state index in [0.29, 0.717) is 35.7 Å². The summed E-state index contributed by atoms with van der Waals surface area (Å²) in [5, 5.41) is 8.54. The minimum atomic E-state index is -0.383. The highest BCUT2D eigenvalue weighted by Gasteiger charge is 2.15. The molecule has 0 saturated heterocycles. The molecule has 0 bridgehead atoms. The number of ether oxygens (including phenoxy) is 1. The third-order valence-electron chi connectivity index (χ3n) is 3.79. The number of carbonyl (C=O) groups is 2. The molecular weight excluding hydrogens is 454 g/mol. The van der Waals surface area contributed by atoms with Crippen LogP contribution in [-0.4, -0.2) is 30.1 Å². The molecule has 0 aromatic heterocycles. The molecule has 29 heavy (non-hydrogen) atoms. The fourth-order valence-corrected chi connectivity index (χ4v) is 3.00. The Balaban J connectivity index is 2.05. The van der Waals surface area contributed by atoms with Gasteiger partial charge in [0.15, 0.2) is 5.11 Å². The average Bonchev–Trinajstić information content (AvgIpc) is 2.71. The smallest absolute Gasteiger partial charge is 0.261 e. The number of amides is 2. The lowest BCUT2D eigenvalue weighted by Gasteiger charge is -2.13. The number of hydrogen-bond acceptors (Lipinski definition) is 4. The molecule has 0 aliphatic rings. The van der Waals surface area contributed by atoms with Crippen LogP contribution >= 0.6 is 28.1 Å². The molecule has 0 spiro atoms. The minimum absolute atomic E-state index is 0.127. The van der Waals surface area contributed by atoms with E-state index in [2.05, 4.69) is 31.9 Å². The van der Waals surface area contributed by atoms with Crippen LogP contribution < -0.4 is 20.7 Å². The van der Waals surface area contributed by atoms with Gasteiger partial charge in [-0.2, -0.15) is 0 Å². The Hall–Kier alpha value is -2.45. The van der Waals surface area contributed by atoms with E-state index in [-0.39, 0.29) is 16.9 Å². The van der Waals surface area contributed by atoms with Crippen LogP contribution in [0.3, 0.4) is 0 Å². The van der Waals surface area contributed by atoms with Crippen molar-refractivity contribution in [2.24, 2.45) is 0 Å². The molecule has 8 heteroatoms. The van der Waals surface area contributed by atoms with E-state index in [1.54, 1.807) is 36.4 Å². The molecule has 0 aliphatic carbocycles. The number of hydrogen-bond donors (Lipinski definition) is 3. The van der Waals surface area contributed by atoms with Crippen LogP contribution in [0.25, 0.3) is 0 Å². The Bertz CT molecular complexity index is 889. The molecule has 0 fully saturated rings. The van der Waals surface area contributed by atoms with Crippen molar-refractivity contribution in [3.05, 3.63) is 58.1 Å². The summed E-state index contributed by atoms with van der Waals surface area (Å²) in [7, 11) is 0. The van der Waals surface area contributed by atoms with Crippen molar-refractivity contribution in [3.63, 3.8) is 0 Å². The van der Waals surface area contributed by atoms with Gasteiger partial charge in [-0.15, -0.1) is 0 Å². The number of carbonyl (C=O) groups excluding carboxylic acids is 2. The molecule has 0 unspecified atom stereocenters. The van der Waals surface area contributed by atoms with Gasteiger partial charge in [-0.05, 0) is 61.5 Å². The summed E-state index contributed by atoms with van der Waals surface area (Å²) < 4.78 is 6.41. The molecule has 3 N–H and O–H groups in total. The Morgan fingerprint density at radius 2 is 1.86 bits per heavy atom. The number of benzene rings is 2. The number of nitrogens with one attached hydrogen (secondary N) is 3. The fraction of sp³-hybridized carbons (Fsp3) is 0.286. The summed E-state index contributed by atoms with van der Waals surface area (Å²) in [6.45, 7) is 5.11. The molecule has 154 valence electrons. The van der Waals surface area contributed by atoms with Gasteiger partial charge >= 0.3 is 0 Å². The highest BCUT2D eigenvalue weighted by atomic mass is 79.9. The van der Waals surface area contributed by atoms with E-state index in [4.69, 9.17) is 17.0 Å². The van der Waals surface area contributed by atoms with Crippen LogP contribution in [0, 0.1) is 0 Å². The van der Waals surface area contributed by atoms with Gasteiger partial charge in [0.2, 0.25) is 0 Å². The summed E-state index contributed by atoms with van der Waals surface area (Å²) >= 11 is 8.63. The van der Waals surface area contributed by atoms with E-state index in [1.165, 1.54) is 0 Å². The SMILES string of the molecule is CCCNC(=O)c1cccc(NC(=S)NC(=O)c2cc(Br)ccc2OCCC)c1. The second kappa shape index (κ2) is 11.5. The minimum Gasteiger partial charge on any atom is -0.493 e. The second-order valence-corrected chi connectivity index (χ2v) is 7.56. The molecule has 2 amide bonds. The van der Waals surface area contributed by atoms with Crippen molar-refractivity contribution in [3.8, 4) is 5.75 Å². The third-order valence-corrected chi connectivity index (χ3v) is 4.49. The molecule has 0 heterocycles. The molecule has 0 radical (unpaired) electrons. The van der Waals surface area contributed by atoms with Crippen LogP contribution in [0.2, 0.25) is 0 Å². The first-order valence-electron chi connectivity index (χ1n) is 9.37. The van der Waals surface area contributed by atoms with E-state index in [1.807, 2.05) is 19.9 Å². The van der Waals surface area contributed by atoms with Crippen LogP contribution in [0.1, 0.15) is 47.4 Å². The first-order valence-corrected chi connectivity index (χ1v) is 10.6.